The third-order valence-corrected chi connectivity index (χ3v) is 5.11. The summed E-state index contributed by atoms with van der Waals surface area (Å²) in [4.78, 5) is 20.1. The average Bonchev–Trinajstić information content (AvgIpc) is 3.38. The van der Waals surface area contributed by atoms with Crippen molar-refractivity contribution in [1.82, 2.24) is 30.0 Å². The first kappa shape index (κ1) is 16.8. The van der Waals surface area contributed by atoms with Crippen LogP contribution in [0.5, 0.6) is 0 Å². The molecule has 26 heavy (non-hydrogen) atoms. The molecule has 4 rings (SSSR count). The van der Waals surface area contributed by atoms with E-state index in [1.165, 1.54) is 12.8 Å². The summed E-state index contributed by atoms with van der Waals surface area (Å²) in [6.45, 7) is 1.97. The van der Waals surface area contributed by atoms with Gasteiger partial charge in [-0.3, -0.25) is 4.79 Å². The van der Waals surface area contributed by atoms with E-state index >= 15 is 0 Å². The summed E-state index contributed by atoms with van der Waals surface area (Å²) < 4.78 is 2.14. The Morgan fingerprint density at radius 2 is 2.15 bits per heavy atom. The van der Waals surface area contributed by atoms with Crippen molar-refractivity contribution in [1.29, 1.82) is 0 Å². The van der Waals surface area contributed by atoms with Gasteiger partial charge < -0.3 is 14.9 Å². The van der Waals surface area contributed by atoms with E-state index in [1.54, 1.807) is 6.33 Å². The number of hydrogen-bond acceptors (Lipinski definition) is 4. The van der Waals surface area contributed by atoms with Gasteiger partial charge in [-0.1, -0.05) is 25.0 Å². The van der Waals surface area contributed by atoms with E-state index in [9.17, 15) is 4.79 Å². The molecule has 3 aromatic rings. The first-order chi connectivity index (χ1) is 12.7. The molecule has 1 amide bonds. The highest BCUT2D eigenvalue weighted by molar-refractivity contribution is 5.77. The number of aromatic nitrogens is 5. The van der Waals surface area contributed by atoms with E-state index < -0.39 is 0 Å². The van der Waals surface area contributed by atoms with Gasteiger partial charge in [0.1, 0.15) is 12.2 Å². The minimum Gasteiger partial charge on any atom is -0.346 e. The number of amides is 1. The van der Waals surface area contributed by atoms with Gasteiger partial charge in [-0.05, 0) is 31.9 Å². The predicted molar refractivity (Wildman–Crippen MR) is 98.5 cm³/mol. The average molecular weight is 352 g/mol. The number of rotatable bonds is 6. The molecule has 2 heterocycles. The molecule has 0 radical (unpaired) electrons. The molecule has 0 spiro atoms. The summed E-state index contributed by atoms with van der Waals surface area (Å²) in [6.07, 6.45) is 7.60. The zero-order valence-corrected chi connectivity index (χ0v) is 15.0. The van der Waals surface area contributed by atoms with Gasteiger partial charge in [-0.2, -0.15) is 0 Å². The number of benzene rings is 1. The molecule has 1 unspecified atom stereocenters. The molecule has 7 heteroatoms. The number of nitrogens with zero attached hydrogens (tertiary/aromatic N) is 4. The summed E-state index contributed by atoms with van der Waals surface area (Å²) in [7, 11) is 0. The van der Waals surface area contributed by atoms with Crippen molar-refractivity contribution in [3.8, 4) is 0 Å². The number of carbonyl (C=O) groups excluding carboxylic acids is 1. The maximum Gasteiger partial charge on any atom is 0.221 e. The minimum absolute atomic E-state index is 0.000993. The smallest absolute Gasteiger partial charge is 0.221 e. The Bertz CT molecular complexity index is 859. The highest BCUT2D eigenvalue weighted by Crippen LogP contribution is 2.31. The van der Waals surface area contributed by atoms with Crippen LogP contribution in [-0.4, -0.2) is 30.6 Å². The Labute approximate surface area is 152 Å². The van der Waals surface area contributed by atoms with Gasteiger partial charge in [-0.15, -0.1) is 10.2 Å². The molecular weight excluding hydrogens is 328 g/mol. The molecule has 0 aliphatic heterocycles. The molecule has 0 saturated heterocycles. The standard InChI is InChI=1S/C19H24N6O/c1-13(19-24-20-12-25(19)14-6-2-3-7-14)21-18(26)11-10-17-22-15-8-4-5-9-16(15)23-17/h4-5,8-9,12-14H,2-3,6-7,10-11H2,1H3,(H,21,26)(H,22,23). The fourth-order valence-electron chi connectivity index (χ4n) is 3.76. The predicted octanol–water partition coefficient (Wildman–Crippen LogP) is 3.08. The number of para-hydroxylation sites is 2. The fourth-order valence-corrected chi connectivity index (χ4v) is 3.76. The van der Waals surface area contributed by atoms with E-state index in [4.69, 9.17) is 0 Å². The second kappa shape index (κ2) is 7.27. The maximum atomic E-state index is 12.4. The summed E-state index contributed by atoms with van der Waals surface area (Å²) in [5.74, 6) is 1.68. The van der Waals surface area contributed by atoms with Gasteiger partial charge >= 0.3 is 0 Å². The van der Waals surface area contributed by atoms with E-state index in [0.717, 1.165) is 35.5 Å². The lowest BCUT2D eigenvalue weighted by Gasteiger charge is -2.18. The van der Waals surface area contributed by atoms with Crippen molar-refractivity contribution < 1.29 is 4.79 Å². The summed E-state index contributed by atoms with van der Waals surface area (Å²) in [6, 6.07) is 8.20. The van der Waals surface area contributed by atoms with Crippen molar-refractivity contribution in [2.75, 3.05) is 0 Å². The molecule has 1 aliphatic rings. The van der Waals surface area contributed by atoms with Crippen molar-refractivity contribution in [2.45, 2.75) is 57.5 Å². The molecule has 1 atom stereocenters. The second-order valence-corrected chi connectivity index (χ2v) is 7.02. The number of imidazole rings is 1. The molecule has 7 nitrogen and oxygen atoms in total. The highest BCUT2D eigenvalue weighted by Gasteiger charge is 2.23. The van der Waals surface area contributed by atoms with E-state index in [2.05, 4.69) is 30.0 Å². The second-order valence-electron chi connectivity index (χ2n) is 7.02. The number of hydrogen-bond donors (Lipinski definition) is 2. The van der Waals surface area contributed by atoms with Gasteiger partial charge in [0.05, 0.1) is 17.1 Å². The zero-order chi connectivity index (χ0) is 17.9. The summed E-state index contributed by atoms with van der Waals surface area (Å²) in [5, 5.41) is 11.3. The third-order valence-electron chi connectivity index (χ3n) is 5.11. The Morgan fingerprint density at radius 1 is 1.35 bits per heavy atom. The molecule has 2 aromatic heterocycles. The van der Waals surface area contributed by atoms with Crippen LogP contribution in [-0.2, 0) is 11.2 Å². The highest BCUT2D eigenvalue weighted by atomic mass is 16.1. The van der Waals surface area contributed by atoms with Gasteiger partial charge in [-0.25, -0.2) is 4.98 Å². The fraction of sp³-hybridized carbons (Fsp3) is 0.474. The van der Waals surface area contributed by atoms with Crippen LogP contribution in [0.25, 0.3) is 11.0 Å². The van der Waals surface area contributed by atoms with Crippen LogP contribution in [0.4, 0.5) is 0 Å². The maximum absolute atomic E-state index is 12.4. The van der Waals surface area contributed by atoms with Crippen LogP contribution >= 0.6 is 0 Å². The first-order valence-electron chi connectivity index (χ1n) is 9.33. The lowest BCUT2D eigenvalue weighted by molar-refractivity contribution is -0.121. The Morgan fingerprint density at radius 3 is 2.96 bits per heavy atom. The zero-order valence-electron chi connectivity index (χ0n) is 15.0. The van der Waals surface area contributed by atoms with Gasteiger partial charge in [0.25, 0.3) is 0 Å². The van der Waals surface area contributed by atoms with Crippen LogP contribution in [0.3, 0.4) is 0 Å². The quantitative estimate of drug-likeness (QED) is 0.713. The molecule has 0 bridgehead atoms. The molecule has 1 aromatic carbocycles. The molecule has 1 fully saturated rings. The van der Waals surface area contributed by atoms with Gasteiger partial charge in [0.15, 0.2) is 5.82 Å². The topological polar surface area (TPSA) is 88.5 Å². The molecule has 136 valence electrons. The van der Waals surface area contributed by atoms with Gasteiger partial charge in [0, 0.05) is 18.9 Å². The molecule has 2 N–H and O–H groups in total. The lowest BCUT2D eigenvalue weighted by atomic mass is 10.2. The number of fused-ring (bicyclic) bond motifs is 1. The van der Waals surface area contributed by atoms with Crippen molar-refractivity contribution in [3.63, 3.8) is 0 Å². The lowest BCUT2D eigenvalue weighted by Crippen LogP contribution is -2.29. The van der Waals surface area contributed by atoms with Crippen molar-refractivity contribution in [2.24, 2.45) is 0 Å². The molecule has 1 aliphatic carbocycles. The van der Waals surface area contributed by atoms with Crippen LogP contribution < -0.4 is 5.32 Å². The van der Waals surface area contributed by atoms with Crippen LogP contribution in [0.2, 0.25) is 0 Å². The normalized spacial score (nSPS) is 16.2. The largest absolute Gasteiger partial charge is 0.346 e. The number of aromatic amines is 1. The SMILES string of the molecule is CC(NC(=O)CCc1nc2ccccc2[nH]1)c1nncn1C1CCCC1. The van der Waals surface area contributed by atoms with E-state index in [0.29, 0.717) is 18.9 Å². The van der Waals surface area contributed by atoms with Crippen LogP contribution in [0.15, 0.2) is 30.6 Å². The number of nitrogens with one attached hydrogen (secondary N) is 2. The van der Waals surface area contributed by atoms with Crippen LogP contribution in [0.1, 0.15) is 62.8 Å². The molecule has 1 saturated carbocycles. The summed E-state index contributed by atoms with van der Waals surface area (Å²) in [5.41, 5.74) is 1.93. The van der Waals surface area contributed by atoms with Crippen molar-refractivity contribution >= 4 is 16.9 Å². The number of H-pyrrole nitrogens is 1. The Hall–Kier alpha value is -2.70. The van der Waals surface area contributed by atoms with E-state index in [1.807, 2.05) is 31.2 Å². The van der Waals surface area contributed by atoms with E-state index in [-0.39, 0.29) is 11.9 Å². The molecular formula is C19H24N6O. The number of carbonyl (C=O) groups is 1. The van der Waals surface area contributed by atoms with Gasteiger partial charge in [0.2, 0.25) is 5.91 Å². The monoisotopic (exact) mass is 352 g/mol. The Balaban J connectivity index is 1.35. The summed E-state index contributed by atoms with van der Waals surface area (Å²) >= 11 is 0. The number of aryl methyl sites for hydroxylation is 1. The van der Waals surface area contributed by atoms with Crippen LogP contribution in [0, 0.1) is 0 Å². The minimum atomic E-state index is -0.152. The first-order valence-corrected chi connectivity index (χ1v) is 9.33. The van der Waals surface area contributed by atoms with Crippen molar-refractivity contribution in [3.05, 3.63) is 42.2 Å². The Kier molecular flexibility index (Phi) is 4.69. The third kappa shape index (κ3) is 3.47.